The van der Waals surface area contributed by atoms with E-state index >= 15 is 0 Å². The zero-order chi connectivity index (χ0) is 39.8. The van der Waals surface area contributed by atoms with Crippen LogP contribution >= 0.6 is 0 Å². The van der Waals surface area contributed by atoms with Gasteiger partial charge in [0.25, 0.3) is 5.91 Å². The molecule has 3 aromatic rings. The molecule has 0 radical (unpaired) electrons. The zero-order valence-electron chi connectivity index (χ0n) is 33.5. The van der Waals surface area contributed by atoms with E-state index in [0.717, 1.165) is 17.7 Å². The quantitative estimate of drug-likeness (QED) is 0.212. The number of methoxy groups -OCH3 is 1. The molecule has 3 aliphatic carbocycles. The van der Waals surface area contributed by atoms with Gasteiger partial charge in [0.1, 0.15) is 17.9 Å². The summed E-state index contributed by atoms with van der Waals surface area (Å²) in [6.07, 6.45) is 1.13. The predicted molar refractivity (Wildman–Crippen MR) is 212 cm³/mol. The molecule has 1 saturated heterocycles. The van der Waals surface area contributed by atoms with E-state index in [-0.39, 0.29) is 42.8 Å². The summed E-state index contributed by atoms with van der Waals surface area (Å²) < 4.78 is 6.05. The first-order valence-electron chi connectivity index (χ1n) is 19.5. The Kier molecular flexibility index (Phi) is 12.1. The highest BCUT2D eigenvalue weighted by Crippen LogP contribution is 2.61. The minimum Gasteiger partial charge on any atom is -0.496 e. The van der Waals surface area contributed by atoms with Crippen molar-refractivity contribution in [3.05, 3.63) is 83.4 Å². The number of hydroxylamine groups is 2. The van der Waals surface area contributed by atoms with Crippen molar-refractivity contribution in [2.24, 2.45) is 29.1 Å². The average molecular weight is 755 g/mol. The number of ether oxygens (including phenoxy) is 1. The summed E-state index contributed by atoms with van der Waals surface area (Å²) in [5, 5.41) is 26.2. The summed E-state index contributed by atoms with van der Waals surface area (Å²) in [5.74, 6) is 0.364. The van der Waals surface area contributed by atoms with E-state index in [1.807, 2.05) is 73.6 Å². The number of nitrogens with zero attached hydrogens (tertiary/aromatic N) is 3. The number of aryl methyl sites for hydroxylation is 1. The van der Waals surface area contributed by atoms with Crippen LogP contribution in [0.2, 0.25) is 0 Å². The Bertz CT molecular complexity index is 1860. The lowest BCUT2D eigenvalue weighted by Crippen LogP contribution is -2.62. The maximum Gasteiger partial charge on any atom is 0.260 e. The first-order chi connectivity index (χ1) is 26.2. The molecule has 4 aliphatic rings. The number of benzene rings is 3. The SMILES string of the molecule is COc1c(CN2O[C@@H](CO)[C@@H]([C@H](C)O)[C@H]2C(=O)N[C@H]2C[C@H]3C[C@H]([C@@H]2C)C3(C)C)cccc1-c1cc(C(=O)N(C)C(=O)CCc2ccccc2)cc(N(C)C)c1. The number of hydrogen-bond acceptors (Lipinski definition) is 9. The Morgan fingerprint density at radius 3 is 2.38 bits per heavy atom. The minimum absolute atomic E-state index is 0.0193. The van der Waals surface area contributed by atoms with E-state index in [2.05, 4.69) is 26.1 Å². The van der Waals surface area contributed by atoms with Gasteiger partial charge in [-0.2, -0.15) is 5.06 Å². The summed E-state index contributed by atoms with van der Waals surface area (Å²) in [7, 11) is 6.87. The number of anilines is 1. The van der Waals surface area contributed by atoms with Gasteiger partial charge in [-0.3, -0.25) is 24.1 Å². The topological polar surface area (TPSA) is 132 Å². The number of rotatable bonds is 13. The Morgan fingerprint density at radius 2 is 1.76 bits per heavy atom. The second kappa shape index (κ2) is 16.4. The fourth-order valence-electron chi connectivity index (χ4n) is 9.35. The van der Waals surface area contributed by atoms with E-state index in [1.165, 1.54) is 18.4 Å². The molecule has 1 heterocycles. The van der Waals surface area contributed by atoms with Gasteiger partial charge in [0.05, 0.1) is 26.4 Å². The second-order valence-corrected chi connectivity index (χ2v) is 16.6. The second-order valence-electron chi connectivity index (χ2n) is 16.6. The molecular formula is C44H58N4O7. The van der Waals surface area contributed by atoms with Crippen molar-refractivity contribution >= 4 is 23.4 Å². The van der Waals surface area contributed by atoms with Crippen molar-refractivity contribution in [1.29, 1.82) is 0 Å². The van der Waals surface area contributed by atoms with Crippen LogP contribution in [-0.4, -0.2) is 97.0 Å². The number of hydrogen-bond donors (Lipinski definition) is 3. The average Bonchev–Trinajstić information content (AvgIpc) is 3.55. The first-order valence-corrected chi connectivity index (χ1v) is 19.5. The maximum atomic E-state index is 14.3. The van der Waals surface area contributed by atoms with Crippen molar-refractivity contribution < 1.29 is 34.2 Å². The Labute approximate surface area is 325 Å². The normalized spacial score (nSPS) is 26.1. The number of nitrogens with one attached hydrogen (secondary N) is 1. The highest BCUT2D eigenvalue weighted by atomic mass is 16.7. The largest absolute Gasteiger partial charge is 0.496 e. The van der Waals surface area contributed by atoms with E-state index < -0.39 is 30.1 Å². The van der Waals surface area contributed by atoms with Crippen molar-refractivity contribution in [3.63, 3.8) is 0 Å². The molecule has 55 heavy (non-hydrogen) atoms. The van der Waals surface area contributed by atoms with Crippen molar-refractivity contribution in [3.8, 4) is 16.9 Å². The molecule has 7 rings (SSSR count). The maximum absolute atomic E-state index is 14.3. The van der Waals surface area contributed by atoms with Crippen LogP contribution < -0.4 is 15.0 Å². The number of imide groups is 1. The summed E-state index contributed by atoms with van der Waals surface area (Å²) in [6.45, 7) is 8.28. The van der Waals surface area contributed by atoms with Crippen LogP contribution in [0.3, 0.4) is 0 Å². The fourth-order valence-corrected chi connectivity index (χ4v) is 9.35. The third kappa shape index (κ3) is 8.03. The summed E-state index contributed by atoms with van der Waals surface area (Å²) >= 11 is 0. The number of carbonyl (C=O) groups excluding carboxylic acids is 3. The molecule has 3 saturated carbocycles. The number of aliphatic hydroxyl groups is 2. The van der Waals surface area contributed by atoms with Crippen LogP contribution in [0.25, 0.3) is 11.1 Å². The van der Waals surface area contributed by atoms with Gasteiger partial charge in [-0.25, -0.2) is 0 Å². The highest BCUT2D eigenvalue weighted by molar-refractivity contribution is 6.05. The molecule has 11 heteroatoms. The zero-order valence-corrected chi connectivity index (χ0v) is 33.5. The van der Waals surface area contributed by atoms with Crippen LogP contribution in [0.5, 0.6) is 5.75 Å². The van der Waals surface area contributed by atoms with Gasteiger partial charge < -0.3 is 25.2 Å². The predicted octanol–water partition coefficient (Wildman–Crippen LogP) is 5.32. The number of amides is 3. The number of aliphatic hydroxyl groups excluding tert-OH is 2. The number of fused-ring (bicyclic) bond motifs is 2. The summed E-state index contributed by atoms with van der Waals surface area (Å²) in [6, 6.07) is 20.0. The molecule has 4 fully saturated rings. The molecule has 0 spiro atoms. The first kappa shape index (κ1) is 40.4. The smallest absolute Gasteiger partial charge is 0.260 e. The number of carbonyl (C=O) groups is 3. The summed E-state index contributed by atoms with van der Waals surface area (Å²) in [4.78, 5) is 50.6. The molecule has 2 bridgehead atoms. The standard InChI is InChI=1S/C44H58N4O7/c1-26-35-22-32(44(35,3)4)23-36(26)45-42(52)40-39(27(2)50)37(25-49)55-48(40)24-29-15-12-16-34(41(29)54-8)30-19-31(21-33(20-30)46(5)6)43(53)47(7)38(51)18-17-28-13-10-9-11-14-28/h9-16,19-21,26-27,32,35-37,39-40,49-50H,17-18,22-25H2,1-8H3,(H,45,52)/t26-,27-,32+,35+,36-,37-,39+,40-/m0/s1. The van der Waals surface area contributed by atoms with Gasteiger partial charge in [-0.1, -0.05) is 69.3 Å². The lowest BCUT2D eigenvalue weighted by atomic mass is 9.45. The molecule has 3 N–H and O–H groups in total. The van der Waals surface area contributed by atoms with Gasteiger partial charge >= 0.3 is 0 Å². The van der Waals surface area contributed by atoms with Crippen LogP contribution in [-0.2, 0) is 27.4 Å². The minimum atomic E-state index is -0.921. The van der Waals surface area contributed by atoms with Crippen molar-refractivity contribution in [2.45, 2.75) is 84.2 Å². The highest BCUT2D eigenvalue weighted by Gasteiger charge is 2.57. The Morgan fingerprint density at radius 1 is 1.04 bits per heavy atom. The van der Waals surface area contributed by atoms with E-state index in [9.17, 15) is 24.6 Å². The van der Waals surface area contributed by atoms with Gasteiger partial charge in [-0.15, -0.1) is 0 Å². The van der Waals surface area contributed by atoms with E-state index in [4.69, 9.17) is 9.57 Å². The molecule has 0 aromatic heterocycles. The Hall–Kier alpha value is -4.29. The molecule has 11 nitrogen and oxygen atoms in total. The van der Waals surface area contributed by atoms with Gasteiger partial charge in [0, 0.05) is 61.9 Å². The molecule has 296 valence electrons. The van der Waals surface area contributed by atoms with Gasteiger partial charge in [-0.05, 0) is 78.7 Å². The molecular weight excluding hydrogens is 697 g/mol. The van der Waals surface area contributed by atoms with Gasteiger partial charge in [0.15, 0.2) is 0 Å². The third-order valence-corrected chi connectivity index (χ3v) is 12.8. The van der Waals surface area contributed by atoms with Gasteiger partial charge in [0.2, 0.25) is 11.8 Å². The van der Waals surface area contributed by atoms with Crippen LogP contribution in [0.4, 0.5) is 5.69 Å². The molecule has 1 aliphatic heterocycles. The monoisotopic (exact) mass is 754 g/mol. The fraction of sp³-hybridized carbons (Fsp3) is 0.523. The third-order valence-electron chi connectivity index (χ3n) is 12.8. The molecule has 8 atom stereocenters. The molecule has 3 aromatic carbocycles. The molecule has 3 amide bonds. The van der Waals surface area contributed by atoms with Crippen molar-refractivity contribution in [2.75, 3.05) is 39.8 Å². The van der Waals surface area contributed by atoms with Crippen molar-refractivity contribution in [1.82, 2.24) is 15.3 Å². The van der Waals surface area contributed by atoms with Crippen LogP contribution in [0.15, 0.2) is 66.7 Å². The summed E-state index contributed by atoms with van der Waals surface area (Å²) in [5.41, 5.74) is 4.54. The van der Waals surface area contributed by atoms with Crippen LogP contribution in [0, 0.1) is 29.1 Å². The lowest BCUT2D eigenvalue weighted by molar-refractivity contribution is -0.183. The molecule has 0 unspecified atom stereocenters. The lowest BCUT2D eigenvalue weighted by Gasteiger charge is -2.62. The Balaban J connectivity index is 1.27. The van der Waals surface area contributed by atoms with E-state index in [1.54, 1.807) is 31.2 Å². The van der Waals surface area contributed by atoms with Crippen LogP contribution in [0.1, 0.15) is 68.4 Å². The number of para-hydroxylation sites is 1. The van der Waals surface area contributed by atoms with E-state index in [0.29, 0.717) is 52.2 Å².